The van der Waals surface area contributed by atoms with Crippen LogP contribution in [0.25, 0.3) is 0 Å². The summed E-state index contributed by atoms with van der Waals surface area (Å²) < 4.78 is 5.08. The summed E-state index contributed by atoms with van der Waals surface area (Å²) >= 11 is 0. The number of nitrogens with one attached hydrogen (secondary N) is 2. The molecule has 0 aliphatic heterocycles. The highest BCUT2D eigenvalue weighted by Gasteiger charge is 2.06. The number of aromatic nitrogens is 2. The smallest absolute Gasteiger partial charge is 0.228 e. The quantitative estimate of drug-likeness (QED) is 0.416. The molecule has 1 heterocycles. The van der Waals surface area contributed by atoms with Crippen LogP contribution >= 0.6 is 0 Å². The van der Waals surface area contributed by atoms with E-state index in [2.05, 4.69) is 46.5 Å². The van der Waals surface area contributed by atoms with Crippen molar-refractivity contribution in [2.45, 2.75) is 65.8 Å². The summed E-state index contributed by atoms with van der Waals surface area (Å²) in [7, 11) is 0. The van der Waals surface area contributed by atoms with Crippen LogP contribution in [-0.4, -0.2) is 35.2 Å². The predicted molar refractivity (Wildman–Crippen MR) is 85.5 cm³/mol. The Morgan fingerprint density at radius 3 is 2.76 bits per heavy atom. The van der Waals surface area contributed by atoms with Crippen LogP contribution in [0, 0.1) is 6.92 Å². The molecule has 0 bridgehead atoms. The SMILES string of the molecule is CCCCCC(C)NC(=NCCc1nc(C)no1)NCC. The molecule has 1 atom stereocenters. The molecule has 120 valence electrons. The summed E-state index contributed by atoms with van der Waals surface area (Å²) in [6.07, 6.45) is 5.63. The van der Waals surface area contributed by atoms with Gasteiger partial charge in [0.25, 0.3) is 0 Å². The average molecular weight is 295 g/mol. The molecule has 0 aromatic carbocycles. The number of guanidine groups is 1. The Morgan fingerprint density at radius 2 is 2.14 bits per heavy atom. The molecule has 0 aliphatic rings. The molecule has 6 nitrogen and oxygen atoms in total. The van der Waals surface area contributed by atoms with Gasteiger partial charge in [-0.05, 0) is 27.2 Å². The van der Waals surface area contributed by atoms with E-state index in [-0.39, 0.29) is 0 Å². The Labute approximate surface area is 127 Å². The summed E-state index contributed by atoms with van der Waals surface area (Å²) in [5.74, 6) is 2.17. The lowest BCUT2D eigenvalue weighted by Gasteiger charge is -2.17. The van der Waals surface area contributed by atoms with Gasteiger partial charge in [-0.2, -0.15) is 4.98 Å². The lowest BCUT2D eigenvalue weighted by molar-refractivity contribution is 0.376. The van der Waals surface area contributed by atoms with E-state index in [1.54, 1.807) is 0 Å². The van der Waals surface area contributed by atoms with E-state index in [1.807, 2.05) is 6.92 Å². The molecule has 0 radical (unpaired) electrons. The molecule has 1 rings (SSSR count). The van der Waals surface area contributed by atoms with Gasteiger partial charge >= 0.3 is 0 Å². The van der Waals surface area contributed by atoms with Crippen molar-refractivity contribution in [3.05, 3.63) is 11.7 Å². The highest BCUT2D eigenvalue weighted by molar-refractivity contribution is 5.80. The maximum atomic E-state index is 5.08. The van der Waals surface area contributed by atoms with Crippen LogP contribution in [0.2, 0.25) is 0 Å². The second kappa shape index (κ2) is 10.2. The minimum Gasteiger partial charge on any atom is -0.357 e. The van der Waals surface area contributed by atoms with Crippen LogP contribution in [0.3, 0.4) is 0 Å². The summed E-state index contributed by atoms with van der Waals surface area (Å²) in [6, 6.07) is 0.431. The zero-order valence-corrected chi connectivity index (χ0v) is 13.8. The lowest BCUT2D eigenvalue weighted by Crippen LogP contribution is -2.42. The predicted octanol–water partition coefficient (Wildman–Crippen LogP) is 2.44. The van der Waals surface area contributed by atoms with E-state index in [9.17, 15) is 0 Å². The molecule has 2 N–H and O–H groups in total. The average Bonchev–Trinajstić information content (AvgIpc) is 2.85. The van der Waals surface area contributed by atoms with Crippen LogP contribution in [0.1, 0.15) is 58.2 Å². The largest absolute Gasteiger partial charge is 0.357 e. The summed E-state index contributed by atoms with van der Waals surface area (Å²) in [4.78, 5) is 8.73. The van der Waals surface area contributed by atoms with Gasteiger partial charge in [0.15, 0.2) is 11.8 Å². The summed E-state index contributed by atoms with van der Waals surface area (Å²) in [5, 5.41) is 10.5. The molecule has 0 saturated heterocycles. The molecular weight excluding hydrogens is 266 g/mol. The van der Waals surface area contributed by atoms with E-state index in [0.717, 1.165) is 12.5 Å². The fraction of sp³-hybridized carbons (Fsp3) is 0.800. The van der Waals surface area contributed by atoms with Crippen molar-refractivity contribution in [1.82, 2.24) is 20.8 Å². The number of unbranched alkanes of at least 4 members (excludes halogenated alkanes) is 2. The lowest BCUT2D eigenvalue weighted by atomic mass is 10.1. The van der Waals surface area contributed by atoms with Gasteiger partial charge in [0.05, 0.1) is 6.54 Å². The van der Waals surface area contributed by atoms with Crippen molar-refractivity contribution < 1.29 is 4.52 Å². The molecule has 0 amide bonds. The van der Waals surface area contributed by atoms with Gasteiger partial charge in [-0.3, -0.25) is 4.99 Å². The molecule has 1 unspecified atom stereocenters. The molecule has 0 aliphatic carbocycles. The maximum absolute atomic E-state index is 5.08. The number of rotatable bonds is 9. The van der Waals surface area contributed by atoms with Crippen molar-refractivity contribution in [2.24, 2.45) is 4.99 Å². The number of nitrogens with zero attached hydrogens (tertiary/aromatic N) is 3. The standard InChI is InChI=1S/C15H29N5O/c1-5-7-8-9-12(3)18-15(16-6-2)17-11-10-14-19-13(4)20-21-14/h12H,5-11H2,1-4H3,(H2,16,17,18). The first-order chi connectivity index (χ1) is 10.2. The van der Waals surface area contributed by atoms with Crippen LogP contribution in [0.15, 0.2) is 9.52 Å². The highest BCUT2D eigenvalue weighted by Crippen LogP contribution is 2.02. The molecule has 1 aromatic heterocycles. The van der Waals surface area contributed by atoms with Crippen molar-refractivity contribution >= 4 is 5.96 Å². The van der Waals surface area contributed by atoms with E-state index < -0.39 is 0 Å². The molecule has 21 heavy (non-hydrogen) atoms. The van der Waals surface area contributed by atoms with Gasteiger partial charge in [-0.1, -0.05) is 31.3 Å². The first kappa shape index (κ1) is 17.5. The van der Waals surface area contributed by atoms with Crippen molar-refractivity contribution in [1.29, 1.82) is 0 Å². The second-order valence-corrected chi connectivity index (χ2v) is 5.29. The van der Waals surface area contributed by atoms with Crippen molar-refractivity contribution in [3.63, 3.8) is 0 Å². The molecule has 6 heteroatoms. The summed E-state index contributed by atoms with van der Waals surface area (Å²) in [5.41, 5.74) is 0. The van der Waals surface area contributed by atoms with E-state index in [1.165, 1.54) is 25.7 Å². The Balaban J connectivity index is 2.37. The Hall–Kier alpha value is -1.59. The Kier molecular flexibility index (Phi) is 8.47. The first-order valence-corrected chi connectivity index (χ1v) is 7.99. The van der Waals surface area contributed by atoms with Crippen LogP contribution in [0.4, 0.5) is 0 Å². The number of hydrogen-bond acceptors (Lipinski definition) is 4. The van der Waals surface area contributed by atoms with Crippen LogP contribution in [-0.2, 0) is 6.42 Å². The zero-order chi connectivity index (χ0) is 15.5. The van der Waals surface area contributed by atoms with Crippen molar-refractivity contribution in [2.75, 3.05) is 13.1 Å². The fourth-order valence-electron chi connectivity index (χ4n) is 2.03. The van der Waals surface area contributed by atoms with E-state index >= 15 is 0 Å². The minimum absolute atomic E-state index is 0.431. The number of aryl methyl sites for hydroxylation is 1. The molecule has 1 aromatic rings. The molecule has 0 spiro atoms. The third-order valence-electron chi connectivity index (χ3n) is 3.13. The Bertz CT molecular complexity index is 416. The monoisotopic (exact) mass is 295 g/mol. The normalized spacial score (nSPS) is 13.2. The van der Waals surface area contributed by atoms with Crippen LogP contribution in [0.5, 0.6) is 0 Å². The Morgan fingerprint density at radius 1 is 1.33 bits per heavy atom. The van der Waals surface area contributed by atoms with Gasteiger partial charge < -0.3 is 15.2 Å². The topological polar surface area (TPSA) is 75.3 Å². The maximum Gasteiger partial charge on any atom is 0.228 e. The molecule has 0 fully saturated rings. The fourth-order valence-corrected chi connectivity index (χ4v) is 2.03. The zero-order valence-electron chi connectivity index (χ0n) is 13.8. The highest BCUT2D eigenvalue weighted by atomic mass is 16.5. The van der Waals surface area contributed by atoms with Gasteiger partial charge in [0.2, 0.25) is 5.89 Å². The van der Waals surface area contributed by atoms with Crippen LogP contribution < -0.4 is 10.6 Å². The first-order valence-electron chi connectivity index (χ1n) is 7.99. The minimum atomic E-state index is 0.431. The van der Waals surface area contributed by atoms with E-state index in [4.69, 9.17) is 4.52 Å². The third kappa shape index (κ3) is 7.68. The molecular formula is C15H29N5O. The summed E-state index contributed by atoms with van der Waals surface area (Å²) in [6.45, 7) is 9.80. The van der Waals surface area contributed by atoms with E-state index in [0.29, 0.717) is 30.7 Å². The molecule has 0 saturated carbocycles. The number of hydrogen-bond donors (Lipinski definition) is 2. The van der Waals surface area contributed by atoms with Gasteiger partial charge in [-0.25, -0.2) is 0 Å². The van der Waals surface area contributed by atoms with Crippen molar-refractivity contribution in [3.8, 4) is 0 Å². The van der Waals surface area contributed by atoms with Gasteiger partial charge in [-0.15, -0.1) is 0 Å². The van der Waals surface area contributed by atoms with Gasteiger partial charge in [0.1, 0.15) is 0 Å². The van der Waals surface area contributed by atoms with Gasteiger partial charge in [0, 0.05) is 19.0 Å². The third-order valence-corrected chi connectivity index (χ3v) is 3.13. The second-order valence-electron chi connectivity index (χ2n) is 5.29. The number of aliphatic imine (C=N–C) groups is 1.